The first kappa shape index (κ1) is 22.5. The number of piperidine rings is 1. The Morgan fingerprint density at radius 1 is 1.19 bits per heavy atom. The normalized spacial score (nSPS) is 14.5. The Kier molecular flexibility index (Phi) is 6.34. The van der Waals surface area contributed by atoms with Crippen LogP contribution >= 0.6 is 11.3 Å². The van der Waals surface area contributed by atoms with Crippen LogP contribution in [0.15, 0.2) is 40.7 Å². The molecule has 4 rings (SSSR count). The van der Waals surface area contributed by atoms with Gasteiger partial charge in [0, 0.05) is 30.4 Å². The summed E-state index contributed by atoms with van der Waals surface area (Å²) in [6, 6.07) is 5.71. The fourth-order valence-electron chi connectivity index (χ4n) is 3.72. The predicted octanol–water partition coefficient (Wildman–Crippen LogP) is 4.18. The number of anilines is 1. The molecule has 1 fully saturated rings. The van der Waals surface area contributed by atoms with Crippen LogP contribution in [0, 0.1) is 19.7 Å². The molecular weight excluding hydrogens is 451 g/mol. The highest BCUT2D eigenvalue weighted by atomic mass is 32.2. The maximum atomic E-state index is 14.2. The topological polar surface area (TPSA) is 84.3 Å². The van der Waals surface area contributed by atoms with Crippen molar-refractivity contribution in [1.82, 2.24) is 14.5 Å². The van der Waals surface area contributed by atoms with Gasteiger partial charge in [0.2, 0.25) is 5.91 Å². The number of rotatable bonds is 6. The summed E-state index contributed by atoms with van der Waals surface area (Å²) < 4.78 is 44.2. The molecule has 0 bridgehead atoms. The molecule has 170 valence electrons. The van der Waals surface area contributed by atoms with Gasteiger partial charge in [-0.15, -0.1) is 11.3 Å². The summed E-state index contributed by atoms with van der Waals surface area (Å²) in [6.07, 6.45) is 4.48. The lowest BCUT2D eigenvalue weighted by atomic mass is 10.1. The van der Waals surface area contributed by atoms with E-state index in [9.17, 15) is 17.6 Å². The van der Waals surface area contributed by atoms with Crippen molar-refractivity contribution < 1.29 is 17.6 Å². The first-order valence-electron chi connectivity index (χ1n) is 10.4. The zero-order valence-corrected chi connectivity index (χ0v) is 19.6. The molecule has 10 heteroatoms. The number of nitrogens with one attached hydrogen (secondary N) is 1. The van der Waals surface area contributed by atoms with E-state index in [0.717, 1.165) is 30.5 Å². The average molecular weight is 477 g/mol. The number of hydrogen-bond acceptors (Lipinski definition) is 5. The van der Waals surface area contributed by atoms with E-state index in [1.54, 1.807) is 17.6 Å². The molecule has 0 atom stereocenters. The number of carbonyl (C=O) groups excluding carboxylic acids is 1. The lowest BCUT2D eigenvalue weighted by Crippen LogP contribution is -2.37. The summed E-state index contributed by atoms with van der Waals surface area (Å²) in [4.78, 5) is 19.1. The van der Waals surface area contributed by atoms with Gasteiger partial charge in [0.15, 0.2) is 0 Å². The lowest BCUT2D eigenvalue weighted by molar-refractivity contribution is -0.132. The summed E-state index contributed by atoms with van der Waals surface area (Å²) >= 11 is 1.38. The number of hydrogen-bond donors (Lipinski definition) is 1. The Labute approximate surface area is 191 Å². The summed E-state index contributed by atoms with van der Waals surface area (Å²) in [5, 5.41) is 2.49. The molecular formula is C22H25FN4O3S2. The second-order valence-corrected chi connectivity index (χ2v) is 10.6. The summed E-state index contributed by atoms with van der Waals surface area (Å²) in [7, 11) is -4.07. The van der Waals surface area contributed by atoms with Crippen molar-refractivity contribution in [2.24, 2.45) is 0 Å². The van der Waals surface area contributed by atoms with Gasteiger partial charge < -0.3 is 9.47 Å². The Hall–Kier alpha value is -2.72. The smallest absolute Gasteiger partial charge is 0.263 e. The molecule has 2 aromatic heterocycles. The van der Waals surface area contributed by atoms with Crippen molar-refractivity contribution in [1.29, 1.82) is 0 Å². The monoisotopic (exact) mass is 476 g/mol. The highest BCUT2D eigenvalue weighted by Crippen LogP contribution is 2.29. The molecule has 3 aromatic rings. The third kappa shape index (κ3) is 4.86. The second kappa shape index (κ2) is 9.03. The van der Waals surface area contributed by atoms with Crippen LogP contribution in [-0.2, 0) is 21.4 Å². The number of sulfonamides is 1. The van der Waals surface area contributed by atoms with Gasteiger partial charge in [0.1, 0.15) is 22.3 Å². The van der Waals surface area contributed by atoms with Crippen LogP contribution in [-0.4, -0.2) is 41.9 Å². The largest absolute Gasteiger partial charge is 0.341 e. The number of benzene rings is 1. The van der Waals surface area contributed by atoms with Crippen molar-refractivity contribution in [3.05, 3.63) is 52.9 Å². The van der Waals surface area contributed by atoms with Crippen molar-refractivity contribution in [2.45, 2.75) is 44.6 Å². The maximum Gasteiger partial charge on any atom is 0.263 e. The first-order valence-corrected chi connectivity index (χ1v) is 12.8. The third-order valence-corrected chi connectivity index (χ3v) is 7.72. The molecule has 7 nitrogen and oxygen atoms in total. The van der Waals surface area contributed by atoms with Crippen LogP contribution in [0.3, 0.4) is 0 Å². The molecule has 3 heterocycles. The SMILES string of the molecule is Cc1ccc(F)c(NS(=O)(=O)c2cc(-c3nc(C)cs3)n(CC(=O)N3CCCCC3)c2)c1. The molecule has 0 spiro atoms. The van der Waals surface area contributed by atoms with Crippen molar-refractivity contribution in [3.63, 3.8) is 0 Å². The van der Waals surface area contributed by atoms with Gasteiger partial charge in [-0.1, -0.05) is 6.07 Å². The lowest BCUT2D eigenvalue weighted by Gasteiger charge is -2.27. The summed E-state index contributed by atoms with van der Waals surface area (Å²) in [5.74, 6) is -0.717. The molecule has 1 saturated heterocycles. The molecule has 1 amide bonds. The van der Waals surface area contributed by atoms with E-state index in [1.165, 1.54) is 35.7 Å². The van der Waals surface area contributed by atoms with Gasteiger partial charge in [-0.2, -0.15) is 0 Å². The Bertz CT molecular complexity index is 1240. The van der Waals surface area contributed by atoms with Crippen molar-refractivity contribution in [3.8, 4) is 10.7 Å². The number of likely N-dealkylation sites (tertiary alicyclic amines) is 1. The Balaban J connectivity index is 1.68. The third-order valence-electron chi connectivity index (χ3n) is 5.40. The molecule has 0 radical (unpaired) electrons. The minimum atomic E-state index is -4.07. The molecule has 1 aliphatic heterocycles. The van der Waals surface area contributed by atoms with E-state index in [4.69, 9.17) is 0 Å². The van der Waals surface area contributed by atoms with Crippen LogP contribution < -0.4 is 4.72 Å². The number of nitrogens with zero attached hydrogens (tertiary/aromatic N) is 3. The second-order valence-electron chi connectivity index (χ2n) is 8.01. The quantitative estimate of drug-likeness (QED) is 0.578. The molecule has 1 aromatic carbocycles. The Morgan fingerprint density at radius 2 is 1.94 bits per heavy atom. The van der Waals surface area contributed by atoms with E-state index < -0.39 is 15.8 Å². The van der Waals surface area contributed by atoms with Gasteiger partial charge in [-0.25, -0.2) is 17.8 Å². The van der Waals surface area contributed by atoms with E-state index in [1.807, 2.05) is 17.2 Å². The van der Waals surface area contributed by atoms with Crippen LogP contribution in [0.1, 0.15) is 30.5 Å². The molecule has 1 N–H and O–H groups in total. The fraction of sp³-hybridized carbons (Fsp3) is 0.364. The van der Waals surface area contributed by atoms with Gasteiger partial charge in [-0.3, -0.25) is 9.52 Å². The number of aryl methyl sites for hydroxylation is 2. The van der Waals surface area contributed by atoms with E-state index >= 15 is 0 Å². The number of halogens is 1. The highest BCUT2D eigenvalue weighted by Gasteiger charge is 2.24. The molecule has 0 saturated carbocycles. The molecule has 0 aliphatic carbocycles. The zero-order valence-electron chi connectivity index (χ0n) is 18.0. The van der Waals surface area contributed by atoms with E-state index in [-0.39, 0.29) is 23.0 Å². The van der Waals surface area contributed by atoms with E-state index in [2.05, 4.69) is 9.71 Å². The number of amides is 1. The minimum absolute atomic E-state index is 0.0162. The summed E-state index contributed by atoms with van der Waals surface area (Å²) in [5.41, 5.74) is 1.96. The number of carbonyl (C=O) groups is 1. The maximum absolute atomic E-state index is 14.2. The van der Waals surface area contributed by atoms with Gasteiger partial charge in [0.25, 0.3) is 10.0 Å². The predicted molar refractivity (Wildman–Crippen MR) is 123 cm³/mol. The number of aromatic nitrogens is 2. The van der Waals surface area contributed by atoms with Gasteiger partial charge >= 0.3 is 0 Å². The zero-order chi connectivity index (χ0) is 22.9. The standard InChI is InChI=1S/C22H25FN4O3S2/c1-15-6-7-18(23)19(10-15)25-32(29,30)17-11-20(22-24-16(2)14-31-22)27(12-17)13-21(28)26-8-4-3-5-9-26/h6-7,10-12,14,25H,3-5,8-9,13H2,1-2H3. The van der Waals surface area contributed by atoms with Crippen molar-refractivity contribution in [2.75, 3.05) is 17.8 Å². The van der Waals surface area contributed by atoms with Gasteiger partial charge in [0.05, 0.1) is 11.4 Å². The number of thiazole rings is 1. The molecule has 1 aliphatic rings. The van der Waals surface area contributed by atoms with Crippen LogP contribution in [0.25, 0.3) is 10.7 Å². The molecule has 0 unspecified atom stereocenters. The van der Waals surface area contributed by atoms with Crippen LogP contribution in [0.4, 0.5) is 10.1 Å². The first-order chi connectivity index (χ1) is 15.2. The molecule has 32 heavy (non-hydrogen) atoms. The Morgan fingerprint density at radius 3 is 2.62 bits per heavy atom. The summed E-state index contributed by atoms with van der Waals surface area (Å²) in [6.45, 7) is 5.05. The van der Waals surface area contributed by atoms with Crippen LogP contribution in [0.5, 0.6) is 0 Å². The van der Waals surface area contributed by atoms with Crippen LogP contribution in [0.2, 0.25) is 0 Å². The fourth-order valence-corrected chi connectivity index (χ4v) is 5.65. The van der Waals surface area contributed by atoms with Gasteiger partial charge in [-0.05, 0) is 56.9 Å². The minimum Gasteiger partial charge on any atom is -0.341 e. The average Bonchev–Trinajstić information content (AvgIpc) is 3.38. The van der Waals surface area contributed by atoms with E-state index in [0.29, 0.717) is 23.8 Å². The van der Waals surface area contributed by atoms with Crippen molar-refractivity contribution >= 4 is 33.0 Å². The highest BCUT2D eigenvalue weighted by molar-refractivity contribution is 7.92.